The Balaban J connectivity index is 1.96. The molecule has 1 nitrogen and oxygen atoms in total. The Bertz CT molecular complexity index is 334. The molecule has 0 heterocycles. The van der Waals surface area contributed by atoms with Crippen LogP contribution in [0.3, 0.4) is 0 Å². The molecule has 0 spiro atoms. The molecule has 0 aromatic heterocycles. The smallest absolute Gasteiger partial charge is 0.0485 e. The van der Waals surface area contributed by atoms with Crippen LogP contribution in [0.5, 0.6) is 0 Å². The van der Waals surface area contributed by atoms with Crippen LogP contribution in [0.15, 0.2) is 30.3 Å². The fourth-order valence-corrected chi connectivity index (χ4v) is 3.46. The molecule has 0 bridgehead atoms. The predicted molar refractivity (Wildman–Crippen MR) is 85.8 cm³/mol. The van der Waals surface area contributed by atoms with E-state index in [0.717, 1.165) is 17.9 Å². The van der Waals surface area contributed by atoms with Gasteiger partial charge in [-0.25, -0.2) is 0 Å². The van der Waals surface area contributed by atoms with Crippen LogP contribution < -0.4 is 0 Å². The zero-order valence-corrected chi connectivity index (χ0v) is 13.1. The molecule has 0 amide bonds. The topological polar surface area (TPSA) is 17.1 Å². The van der Waals surface area contributed by atoms with Gasteiger partial charge in [0.05, 0.1) is 0 Å². The van der Waals surface area contributed by atoms with Crippen LogP contribution in [-0.2, 0) is 16.6 Å². The van der Waals surface area contributed by atoms with E-state index < -0.39 is 10.8 Å². The summed E-state index contributed by atoms with van der Waals surface area (Å²) in [6, 6.07) is 10.2. The fraction of sp³-hybridized carbons (Fsp3) is 0.647. The van der Waals surface area contributed by atoms with Gasteiger partial charge in [0.25, 0.3) is 0 Å². The SMILES string of the molecule is CCCCCCCCCCS(=O)Cc1ccccc1. The molecule has 1 aromatic carbocycles. The van der Waals surface area contributed by atoms with Gasteiger partial charge in [0.15, 0.2) is 0 Å². The first-order valence-electron chi connectivity index (χ1n) is 7.72. The molecule has 19 heavy (non-hydrogen) atoms. The highest BCUT2D eigenvalue weighted by Crippen LogP contribution is 2.10. The number of benzene rings is 1. The van der Waals surface area contributed by atoms with Crippen molar-refractivity contribution < 1.29 is 4.21 Å². The molecule has 0 aliphatic heterocycles. The lowest BCUT2D eigenvalue weighted by atomic mass is 10.1. The second-order valence-corrected chi connectivity index (χ2v) is 6.83. The van der Waals surface area contributed by atoms with Gasteiger partial charge in [-0.3, -0.25) is 4.21 Å². The van der Waals surface area contributed by atoms with Gasteiger partial charge in [-0.1, -0.05) is 82.2 Å². The van der Waals surface area contributed by atoms with Crippen molar-refractivity contribution in [2.24, 2.45) is 0 Å². The monoisotopic (exact) mass is 280 g/mol. The third-order valence-corrected chi connectivity index (χ3v) is 4.80. The van der Waals surface area contributed by atoms with E-state index in [1.165, 1.54) is 50.5 Å². The highest BCUT2D eigenvalue weighted by atomic mass is 32.2. The van der Waals surface area contributed by atoms with Gasteiger partial charge in [0, 0.05) is 22.3 Å². The van der Waals surface area contributed by atoms with Crippen LogP contribution in [0.25, 0.3) is 0 Å². The van der Waals surface area contributed by atoms with E-state index in [2.05, 4.69) is 19.1 Å². The van der Waals surface area contributed by atoms with Crippen molar-refractivity contribution in [2.45, 2.75) is 64.0 Å². The molecule has 1 rings (SSSR count). The molecule has 0 N–H and O–H groups in total. The second-order valence-electron chi connectivity index (χ2n) is 5.25. The van der Waals surface area contributed by atoms with Crippen LogP contribution in [0.1, 0.15) is 63.9 Å². The Morgan fingerprint density at radius 3 is 2.05 bits per heavy atom. The van der Waals surface area contributed by atoms with Crippen LogP contribution in [0, 0.1) is 0 Å². The number of hydrogen-bond acceptors (Lipinski definition) is 1. The summed E-state index contributed by atoms with van der Waals surface area (Å²) >= 11 is 0. The Hall–Kier alpha value is -0.630. The first-order valence-corrected chi connectivity index (χ1v) is 9.20. The third-order valence-electron chi connectivity index (χ3n) is 3.40. The summed E-state index contributed by atoms with van der Waals surface area (Å²) in [5.41, 5.74) is 1.19. The molecule has 0 fully saturated rings. The minimum absolute atomic E-state index is 0.681. The van der Waals surface area contributed by atoms with Crippen molar-refractivity contribution in [3.63, 3.8) is 0 Å². The number of hydrogen-bond donors (Lipinski definition) is 0. The minimum atomic E-state index is -0.681. The van der Waals surface area contributed by atoms with Crippen LogP contribution in [0.4, 0.5) is 0 Å². The van der Waals surface area contributed by atoms with Gasteiger partial charge in [-0.15, -0.1) is 0 Å². The summed E-state index contributed by atoms with van der Waals surface area (Å²) in [4.78, 5) is 0. The molecule has 0 saturated heterocycles. The Kier molecular flexibility index (Phi) is 9.70. The summed E-state index contributed by atoms with van der Waals surface area (Å²) in [7, 11) is -0.681. The molecule has 0 radical (unpaired) electrons. The summed E-state index contributed by atoms with van der Waals surface area (Å²) in [5, 5.41) is 0. The molecule has 0 aliphatic rings. The normalized spacial score (nSPS) is 12.5. The van der Waals surface area contributed by atoms with E-state index in [9.17, 15) is 4.21 Å². The summed E-state index contributed by atoms with van der Waals surface area (Å²) in [5.74, 6) is 1.58. The molecule has 1 aromatic rings. The molecular formula is C17H28OS. The molecule has 108 valence electrons. The van der Waals surface area contributed by atoms with Gasteiger partial charge in [0.1, 0.15) is 0 Å². The largest absolute Gasteiger partial charge is 0.259 e. The third kappa shape index (κ3) is 8.99. The summed E-state index contributed by atoms with van der Waals surface area (Å²) in [6.45, 7) is 2.25. The fourth-order valence-electron chi connectivity index (χ4n) is 2.23. The summed E-state index contributed by atoms with van der Waals surface area (Å²) in [6.07, 6.45) is 10.5. The lowest BCUT2D eigenvalue weighted by Crippen LogP contribution is -2.01. The van der Waals surface area contributed by atoms with Crippen molar-refractivity contribution in [3.8, 4) is 0 Å². The molecule has 1 atom stereocenters. The van der Waals surface area contributed by atoms with E-state index in [4.69, 9.17) is 0 Å². The van der Waals surface area contributed by atoms with Crippen LogP contribution >= 0.6 is 0 Å². The maximum absolute atomic E-state index is 11.9. The van der Waals surface area contributed by atoms with Crippen molar-refractivity contribution in [2.75, 3.05) is 5.75 Å². The van der Waals surface area contributed by atoms with E-state index in [1.54, 1.807) is 0 Å². The predicted octanol–water partition coefficient (Wildman–Crippen LogP) is 5.08. The van der Waals surface area contributed by atoms with Gasteiger partial charge in [0.2, 0.25) is 0 Å². The van der Waals surface area contributed by atoms with E-state index >= 15 is 0 Å². The average Bonchev–Trinajstić information content (AvgIpc) is 2.43. The van der Waals surface area contributed by atoms with E-state index in [1.807, 2.05) is 18.2 Å². The maximum atomic E-state index is 11.9. The molecule has 1 unspecified atom stereocenters. The van der Waals surface area contributed by atoms with Gasteiger partial charge < -0.3 is 0 Å². The van der Waals surface area contributed by atoms with E-state index in [-0.39, 0.29) is 0 Å². The Morgan fingerprint density at radius 1 is 0.842 bits per heavy atom. The van der Waals surface area contributed by atoms with Crippen molar-refractivity contribution >= 4 is 10.8 Å². The van der Waals surface area contributed by atoms with Crippen molar-refractivity contribution in [1.29, 1.82) is 0 Å². The van der Waals surface area contributed by atoms with Crippen LogP contribution in [-0.4, -0.2) is 9.96 Å². The Morgan fingerprint density at radius 2 is 1.42 bits per heavy atom. The van der Waals surface area contributed by atoms with Gasteiger partial charge in [-0.05, 0) is 12.0 Å². The molecule has 0 aliphatic carbocycles. The number of unbranched alkanes of at least 4 members (excludes halogenated alkanes) is 7. The lowest BCUT2D eigenvalue weighted by Gasteiger charge is -2.03. The van der Waals surface area contributed by atoms with Gasteiger partial charge in [-0.2, -0.15) is 0 Å². The van der Waals surface area contributed by atoms with Crippen molar-refractivity contribution in [3.05, 3.63) is 35.9 Å². The highest BCUT2D eigenvalue weighted by molar-refractivity contribution is 7.84. The quantitative estimate of drug-likeness (QED) is 0.517. The average molecular weight is 280 g/mol. The standard InChI is InChI=1S/C17H28OS/c1-2-3-4-5-6-7-8-12-15-19(18)16-17-13-10-9-11-14-17/h9-11,13-14H,2-8,12,15-16H2,1H3. The zero-order valence-electron chi connectivity index (χ0n) is 12.3. The minimum Gasteiger partial charge on any atom is -0.259 e. The van der Waals surface area contributed by atoms with Gasteiger partial charge >= 0.3 is 0 Å². The van der Waals surface area contributed by atoms with Crippen molar-refractivity contribution in [1.82, 2.24) is 0 Å². The molecule has 2 heteroatoms. The Labute approximate surface area is 121 Å². The zero-order chi connectivity index (χ0) is 13.8. The maximum Gasteiger partial charge on any atom is 0.0485 e. The number of rotatable bonds is 11. The van der Waals surface area contributed by atoms with E-state index in [0.29, 0.717) is 0 Å². The first-order chi connectivity index (χ1) is 9.33. The lowest BCUT2D eigenvalue weighted by molar-refractivity contribution is 0.584. The first kappa shape index (κ1) is 16.4. The highest BCUT2D eigenvalue weighted by Gasteiger charge is 2.01. The molecular weight excluding hydrogens is 252 g/mol. The summed E-state index contributed by atoms with van der Waals surface area (Å²) < 4.78 is 11.9. The molecule has 0 saturated carbocycles. The second kappa shape index (κ2) is 11.2. The van der Waals surface area contributed by atoms with Crippen LogP contribution in [0.2, 0.25) is 0 Å².